The quantitative estimate of drug-likeness (QED) is 0.600. The number of hydrogen-bond donors (Lipinski definition) is 0. The number of furan rings is 1. The zero-order valence-electron chi connectivity index (χ0n) is 9.17. The number of hydrogen-bond acceptors (Lipinski definition) is 4. The van der Waals surface area contributed by atoms with Crippen LogP contribution in [-0.4, -0.2) is 19.4 Å². The maximum atomic E-state index is 11.4. The van der Waals surface area contributed by atoms with Gasteiger partial charge in [-0.2, -0.15) is 0 Å². The Bertz CT molecular complexity index is 554. The van der Waals surface area contributed by atoms with Gasteiger partial charge < -0.3 is 9.15 Å². The van der Waals surface area contributed by atoms with Crippen molar-refractivity contribution in [1.29, 1.82) is 0 Å². The van der Waals surface area contributed by atoms with Gasteiger partial charge in [-0.15, -0.1) is 0 Å². The van der Waals surface area contributed by atoms with E-state index in [1.54, 1.807) is 24.3 Å². The van der Waals surface area contributed by atoms with Crippen molar-refractivity contribution in [2.75, 3.05) is 7.11 Å². The van der Waals surface area contributed by atoms with Crippen LogP contribution in [0.2, 0.25) is 0 Å². The van der Waals surface area contributed by atoms with E-state index < -0.39 is 5.97 Å². The van der Waals surface area contributed by atoms with Crippen LogP contribution in [0.1, 0.15) is 20.9 Å². The van der Waals surface area contributed by atoms with Crippen molar-refractivity contribution < 1.29 is 18.7 Å². The molecule has 0 amide bonds. The second kappa shape index (κ2) is 4.65. The van der Waals surface area contributed by atoms with Crippen LogP contribution in [0.5, 0.6) is 0 Å². The minimum absolute atomic E-state index is 0.253. The van der Waals surface area contributed by atoms with Crippen molar-refractivity contribution in [3.63, 3.8) is 0 Å². The molecule has 0 saturated carbocycles. The molecule has 0 spiro atoms. The van der Waals surface area contributed by atoms with E-state index >= 15 is 0 Å². The molecular weight excluding hydrogens is 220 g/mol. The van der Waals surface area contributed by atoms with Crippen LogP contribution in [0.25, 0.3) is 11.1 Å². The molecule has 0 aliphatic rings. The highest BCUT2D eigenvalue weighted by molar-refractivity contribution is 5.91. The highest BCUT2D eigenvalue weighted by atomic mass is 16.5. The molecule has 0 aliphatic carbocycles. The van der Waals surface area contributed by atoms with E-state index in [9.17, 15) is 9.59 Å². The van der Waals surface area contributed by atoms with Crippen LogP contribution in [0.4, 0.5) is 0 Å². The molecule has 1 aromatic carbocycles. The largest absolute Gasteiger partial charge is 0.465 e. The van der Waals surface area contributed by atoms with E-state index in [2.05, 4.69) is 4.74 Å². The van der Waals surface area contributed by atoms with Gasteiger partial charge in [0, 0.05) is 5.56 Å². The molecule has 17 heavy (non-hydrogen) atoms. The second-order valence-electron chi connectivity index (χ2n) is 3.43. The van der Waals surface area contributed by atoms with Gasteiger partial charge in [0.25, 0.3) is 0 Å². The Balaban J connectivity index is 2.39. The number of methoxy groups -OCH3 is 1. The Morgan fingerprint density at radius 1 is 1.29 bits per heavy atom. The third kappa shape index (κ3) is 2.25. The van der Waals surface area contributed by atoms with Crippen molar-refractivity contribution in [2.45, 2.75) is 0 Å². The lowest BCUT2D eigenvalue weighted by Gasteiger charge is -2.01. The molecule has 4 nitrogen and oxygen atoms in total. The smallest absolute Gasteiger partial charge is 0.337 e. The molecule has 0 saturated heterocycles. The zero-order chi connectivity index (χ0) is 12.3. The number of rotatable bonds is 3. The standard InChI is InChI=1S/C13H10O4/c1-16-13(15)10-4-2-3-9(5-10)11-6-12(7-14)17-8-11/h2-8H,1H3. The molecule has 0 radical (unpaired) electrons. The van der Waals surface area contributed by atoms with Crippen molar-refractivity contribution in [3.8, 4) is 11.1 Å². The normalized spacial score (nSPS) is 9.94. The van der Waals surface area contributed by atoms with Crippen LogP contribution >= 0.6 is 0 Å². The van der Waals surface area contributed by atoms with Crippen molar-refractivity contribution in [3.05, 3.63) is 47.9 Å². The molecule has 0 unspecified atom stereocenters. The first-order chi connectivity index (χ1) is 8.24. The highest BCUT2D eigenvalue weighted by Crippen LogP contribution is 2.22. The van der Waals surface area contributed by atoms with Gasteiger partial charge in [-0.3, -0.25) is 4.79 Å². The fraction of sp³-hybridized carbons (Fsp3) is 0.0769. The van der Waals surface area contributed by atoms with Crippen LogP contribution < -0.4 is 0 Å². The van der Waals surface area contributed by atoms with Gasteiger partial charge in [-0.25, -0.2) is 4.79 Å². The average Bonchev–Trinajstić information content (AvgIpc) is 2.86. The number of esters is 1. The maximum Gasteiger partial charge on any atom is 0.337 e. The first-order valence-corrected chi connectivity index (χ1v) is 4.97. The van der Waals surface area contributed by atoms with E-state index in [0.29, 0.717) is 11.8 Å². The number of ether oxygens (including phenoxy) is 1. The Morgan fingerprint density at radius 3 is 2.76 bits per heavy atom. The zero-order valence-corrected chi connectivity index (χ0v) is 9.17. The fourth-order valence-corrected chi connectivity index (χ4v) is 1.51. The lowest BCUT2D eigenvalue weighted by Crippen LogP contribution is -2.00. The summed E-state index contributed by atoms with van der Waals surface area (Å²) in [6.45, 7) is 0. The topological polar surface area (TPSA) is 56.5 Å². The molecule has 86 valence electrons. The van der Waals surface area contributed by atoms with E-state index in [0.717, 1.165) is 11.1 Å². The van der Waals surface area contributed by atoms with Gasteiger partial charge in [0.05, 0.1) is 18.9 Å². The van der Waals surface area contributed by atoms with Gasteiger partial charge in [0.1, 0.15) is 0 Å². The molecule has 0 fully saturated rings. The molecule has 2 rings (SSSR count). The van der Waals surface area contributed by atoms with E-state index in [4.69, 9.17) is 4.42 Å². The van der Waals surface area contributed by atoms with Crippen molar-refractivity contribution in [1.82, 2.24) is 0 Å². The Kier molecular flexibility index (Phi) is 3.05. The van der Waals surface area contributed by atoms with Gasteiger partial charge in [-0.05, 0) is 23.8 Å². The highest BCUT2D eigenvalue weighted by Gasteiger charge is 2.08. The van der Waals surface area contributed by atoms with Crippen molar-refractivity contribution in [2.24, 2.45) is 0 Å². The summed E-state index contributed by atoms with van der Waals surface area (Å²) in [5.41, 5.74) is 2.00. The summed E-state index contributed by atoms with van der Waals surface area (Å²) in [5, 5.41) is 0. The summed E-state index contributed by atoms with van der Waals surface area (Å²) in [6.07, 6.45) is 2.10. The summed E-state index contributed by atoms with van der Waals surface area (Å²) in [5.74, 6) is -0.144. The fourth-order valence-electron chi connectivity index (χ4n) is 1.51. The van der Waals surface area contributed by atoms with Gasteiger partial charge >= 0.3 is 5.97 Å². The van der Waals surface area contributed by atoms with Gasteiger partial charge in [-0.1, -0.05) is 12.1 Å². The molecule has 0 N–H and O–H groups in total. The van der Waals surface area contributed by atoms with Crippen LogP contribution in [-0.2, 0) is 4.74 Å². The third-order valence-corrected chi connectivity index (χ3v) is 2.35. The first kappa shape index (κ1) is 11.1. The number of carbonyl (C=O) groups is 2. The average molecular weight is 230 g/mol. The molecule has 1 aromatic heterocycles. The number of carbonyl (C=O) groups excluding carboxylic acids is 2. The third-order valence-electron chi connectivity index (χ3n) is 2.35. The summed E-state index contributed by atoms with van der Waals surface area (Å²) < 4.78 is 9.65. The monoisotopic (exact) mass is 230 g/mol. The molecular formula is C13H10O4. The lowest BCUT2D eigenvalue weighted by molar-refractivity contribution is 0.0600. The van der Waals surface area contributed by atoms with Crippen molar-refractivity contribution >= 4 is 12.3 Å². The Hall–Kier alpha value is -2.36. The summed E-state index contributed by atoms with van der Waals surface area (Å²) in [6, 6.07) is 8.53. The molecule has 4 heteroatoms. The summed E-state index contributed by atoms with van der Waals surface area (Å²) in [4.78, 5) is 21.9. The molecule has 0 atom stereocenters. The minimum Gasteiger partial charge on any atom is -0.465 e. The van der Waals surface area contributed by atoms with Crippen LogP contribution in [0.15, 0.2) is 41.0 Å². The predicted molar refractivity (Wildman–Crippen MR) is 60.9 cm³/mol. The maximum absolute atomic E-state index is 11.4. The van der Waals surface area contributed by atoms with E-state index in [1.807, 2.05) is 6.07 Å². The predicted octanol–water partition coefficient (Wildman–Crippen LogP) is 2.55. The first-order valence-electron chi connectivity index (χ1n) is 4.97. The Labute approximate surface area is 97.8 Å². The lowest BCUT2D eigenvalue weighted by atomic mass is 10.1. The van der Waals surface area contributed by atoms with Gasteiger partial charge in [0.15, 0.2) is 12.0 Å². The molecule has 0 bridgehead atoms. The minimum atomic E-state index is -0.397. The SMILES string of the molecule is COC(=O)c1cccc(-c2coc(C=O)c2)c1. The summed E-state index contributed by atoms with van der Waals surface area (Å²) >= 11 is 0. The molecule has 1 heterocycles. The molecule has 0 aliphatic heterocycles. The van der Waals surface area contributed by atoms with E-state index in [1.165, 1.54) is 13.4 Å². The number of benzene rings is 1. The Morgan fingerprint density at radius 2 is 2.12 bits per heavy atom. The number of aldehydes is 1. The van der Waals surface area contributed by atoms with Crippen LogP contribution in [0.3, 0.4) is 0 Å². The van der Waals surface area contributed by atoms with Gasteiger partial charge in [0.2, 0.25) is 0 Å². The van der Waals surface area contributed by atoms with Crippen LogP contribution in [0, 0.1) is 0 Å². The van der Waals surface area contributed by atoms with E-state index in [-0.39, 0.29) is 5.76 Å². The summed E-state index contributed by atoms with van der Waals surface area (Å²) in [7, 11) is 1.33. The molecule has 2 aromatic rings. The second-order valence-corrected chi connectivity index (χ2v) is 3.43.